The monoisotopic (exact) mass is 236 g/mol. The number of nitrogens with one attached hydrogen (secondary N) is 1. The summed E-state index contributed by atoms with van der Waals surface area (Å²) in [5.74, 6) is 0. The first-order chi connectivity index (χ1) is 6.87. The highest BCUT2D eigenvalue weighted by Gasteiger charge is 2.21. The van der Waals surface area contributed by atoms with Gasteiger partial charge in [-0.15, -0.1) is 0 Å². The molecule has 0 spiro atoms. The number of rotatable bonds is 4. The third-order valence-electron chi connectivity index (χ3n) is 2.29. The third kappa shape index (κ3) is 5.46. The fourth-order valence-corrected chi connectivity index (χ4v) is 2.32. The van der Waals surface area contributed by atoms with Crippen molar-refractivity contribution in [2.45, 2.75) is 26.1 Å². The molecule has 1 aliphatic rings. The summed E-state index contributed by atoms with van der Waals surface area (Å²) < 4.78 is 29.8. The molecule has 15 heavy (non-hydrogen) atoms. The maximum absolute atomic E-state index is 10.8. The van der Waals surface area contributed by atoms with E-state index in [0.717, 1.165) is 19.6 Å². The zero-order valence-electron chi connectivity index (χ0n) is 9.56. The van der Waals surface area contributed by atoms with Crippen LogP contribution in [0, 0.1) is 0 Å². The molecule has 0 amide bonds. The molecule has 1 heterocycles. The van der Waals surface area contributed by atoms with E-state index in [9.17, 15) is 8.42 Å². The van der Waals surface area contributed by atoms with Gasteiger partial charge in [0.15, 0.2) is 0 Å². The van der Waals surface area contributed by atoms with Gasteiger partial charge in [-0.05, 0) is 13.8 Å². The summed E-state index contributed by atoms with van der Waals surface area (Å²) in [4.78, 5) is 2.22. The van der Waals surface area contributed by atoms with Crippen LogP contribution in [0.5, 0.6) is 0 Å². The predicted molar refractivity (Wildman–Crippen MR) is 59.3 cm³/mol. The molecule has 90 valence electrons. The third-order valence-corrected chi connectivity index (χ3v) is 3.02. The molecule has 0 saturated carbocycles. The molecule has 5 nitrogen and oxygen atoms in total. The second kappa shape index (κ2) is 5.25. The van der Waals surface area contributed by atoms with E-state index < -0.39 is 10.0 Å². The Hall–Kier alpha value is -0.170. The van der Waals surface area contributed by atoms with Crippen molar-refractivity contribution in [1.29, 1.82) is 0 Å². The van der Waals surface area contributed by atoms with Gasteiger partial charge in [-0.25, -0.2) is 13.1 Å². The Labute approximate surface area is 91.8 Å². The minimum Gasteiger partial charge on any atom is -0.373 e. The zero-order chi connectivity index (χ0) is 11.5. The van der Waals surface area contributed by atoms with Crippen molar-refractivity contribution in [3.63, 3.8) is 0 Å². The summed E-state index contributed by atoms with van der Waals surface area (Å²) >= 11 is 0. The molecule has 0 aromatic carbocycles. The molecular formula is C9H20N2O3S. The van der Waals surface area contributed by atoms with Crippen LogP contribution < -0.4 is 4.72 Å². The van der Waals surface area contributed by atoms with E-state index in [1.807, 2.05) is 13.8 Å². The van der Waals surface area contributed by atoms with Crippen molar-refractivity contribution >= 4 is 10.0 Å². The van der Waals surface area contributed by atoms with E-state index in [4.69, 9.17) is 4.74 Å². The molecule has 1 saturated heterocycles. The summed E-state index contributed by atoms with van der Waals surface area (Å²) in [5.41, 5.74) is 0. The second-order valence-electron chi connectivity index (χ2n) is 4.18. The number of nitrogens with zero attached hydrogens (tertiary/aromatic N) is 1. The summed E-state index contributed by atoms with van der Waals surface area (Å²) in [6.07, 6.45) is 1.64. The van der Waals surface area contributed by atoms with E-state index in [2.05, 4.69) is 9.62 Å². The van der Waals surface area contributed by atoms with Crippen molar-refractivity contribution in [1.82, 2.24) is 9.62 Å². The number of ether oxygens (including phenoxy) is 1. The molecule has 1 aliphatic heterocycles. The maximum Gasteiger partial charge on any atom is 0.208 e. The van der Waals surface area contributed by atoms with Gasteiger partial charge in [0.25, 0.3) is 0 Å². The van der Waals surface area contributed by atoms with E-state index in [1.54, 1.807) is 0 Å². The molecule has 6 heteroatoms. The zero-order valence-corrected chi connectivity index (χ0v) is 10.4. The van der Waals surface area contributed by atoms with E-state index in [1.165, 1.54) is 6.26 Å². The standard InChI is InChI=1S/C9H20N2O3S/c1-8-6-11(7-9(2)14-8)5-4-10-15(3,12)13/h8-10H,4-7H2,1-3H3. The summed E-state index contributed by atoms with van der Waals surface area (Å²) in [6.45, 7) is 7.02. The Morgan fingerprint density at radius 2 is 1.87 bits per heavy atom. The van der Waals surface area contributed by atoms with Crippen LogP contribution in [0.2, 0.25) is 0 Å². The first kappa shape index (κ1) is 12.9. The molecule has 1 rings (SSSR count). The van der Waals surface area contributed by atoms with Gasteiger partial charge in [0, 0.05) is 26.2 Å². The second-order valence-corrected chi connectivity index (χ2v) is 6.02. The summed E-state index contributed by atoms with van der Waals surface area (Å²) in [5, 5.41) is 0. The Bertz CT molecular complexity index is 282. The van der Waals surface area contributed by atoms with Crippen LogP contribution in [0.4, 0.5) is 0 Å². The van der Waals surface area contributed by atoms with Gasteiger partial charge in [0.1, 0.15) is 0 Å². The average Bonchev–Trinajstić information content (AvgIpc) is 1.99. The Morgan fingerprint density at radius 1 is 1.33 bits per heavy atom. The van der Waals surface area contributed by atoms with Crippen LogP contribution in [0.25, 0.3) is 0 Å². The molecule has 0 bridgehead atoms. The fraction of sp³-hybridized carbons (Fsp3) is 1.00. The molecule has 2 unspecified atom stereocenters. The average molecular weight is 236 g/mol. The van der Waals surface area contributed by atoms with Crippen LogP contribution in [0.3, 0.4) is 0 Å². The number of hydrogen-bond acceptors (Lipinski definition) is 4. The van der Waals surface area contributed by atoms with Crippen molar-refractivity contribution < 1.29 is 13.2 Å². The Kier molecular flexibility index (Phi) is 4.51. The van der Waals surface area contributed by atoms with Crippen LogP contribution in [-0.4, -0.2) is 58.0 Å². The number of morpholine rings is 1. The predicted octanol–water partition coefficient (Wildman–Crippen LogP) is -0.355. The number of hydrogen-bond donors (Lipinski definition) is 1. The van der Waals surface area contributed by atoms with E-state index in [-0.39, 0.29) is 12.2 Å². The topological polar surface area (TPSA) is 58.6 Å². The van der Waals surface area contributed by atoms with Crippen LogP contribution in [0.1, 0.15) is 13.8 Å². The summed E-state index contributed by atoms with van der Waals surface area (Å²) in [7, 11) is -3.06. The molecule has 0 aromatic rings. The van der Waals surface area contributed by atoms with Crippen molar-refractivity contribution in [2.24, 2.45) is 0 Å². The van der Waals surface area contributed by atoms with Crippen LogP contribution in [-0.2, 0) is 14.8 Å². The lowest BCUT2D eigenvalue weighted by molar-refractivity contribution is -0.0671. The van der Waals surface area contributed by atoms with Gasteiger partial charge in [0.05, 0.1) is 18.5 Å². The van der Waals surface area contributed by atoms with E-state index in [0.29, 0.717) is 6.54 Å². The lowest BCUT2D eigenvalue weighted by Gasteiger charge is -2.35. The van der Waals surface area contributed by atoms with Gasteiger partial charge in [0.2, 0.25) is 10.0 Å². The molecule has 0 aromatic heterocycles. The first-order valence-electron chi connectivity index (χ1n) is 5.19. The SMILES string of the molecule is CC1CN(CCNS(C)(=O)=O)CC(C)O1. The smallest absolute Gasteiger partial charge is 0.208 e. The van der Waals surface area contributed by atoms with Crippen molar-refractivity contribution in [3.8, 4) is 0 Å². The first-order valence-corrected chi connectivity index (χ1v) is 7.08. The van der Waals surface area contributed by atoms with Crippen LogP contribution in [0.15, 0.2) is 0 Å². The van der Waals surface area contributed by atoms with Crippen molar-refractivity contribution in [2.75, 3.05) is 32.4 Å². The van der Waals surface area contributed by atoms with Gasteiger partial charge in [-0.3, -0.25) is 4.90 Å². The highest BCUT2D eigenvalue weighted by atomic mass is 32.2. The quantitative estimate of drug-likeness (QED) is 0.724. The van der Waals surface area contributed by atoms with Crippen LogP contribution >= 0.6 is 0 Å². The Balaban J connectivity index is 2.26. The summed E-state index contributed by atoms with van der Waals surface area (Å²) in [6, 6.07) is 0. The highest BCUT2D eigenvalue weighted by Crippen LogP contribution is 2.09. The number of sulfonamides is 1. The molecule has 2 atom stereocenters. The molecule has 0 radical (unpaired) electrons. The van der Waals surface area contributed by atoms with Crippen molar-refractivity contribution in [3.05, 3.63) is 0 Å². The van der Waals surface area contributed by atoms with Gasteiger partial charge in [-0.1, -0.05) is 0 Å². The fourth-order valence-electron chi connectivity index (χ4n) is 1.86. The largest absolute Gasteiger partial charge is 0.373 e. The lowest BCUT2D eigenvalue weighted by Crippen LogP contribution is -2.47. The van der Waals surface area contributed by atoms with Gasteiger partial charge >= 0.3 is 0 Å². The Morgan fingerprint density at radius 3 is 2.33 bits per heavy atom. The lowest BCUT2D eigenvalue weighted by atomic mass is 10.2. The minimum atomic E-state index is -3.06. The normalized spacial score (nSPS) is 29.3. The highest BCUT2D eigenvalue weighted by molar-refractivity contribution is 7.88. The molecule has 1 fully saturated rings. The van der Waals surface area contributed by atoms with E-state index >= 15 is 0 Å². The maximum atomic E-state index is 10.8. The molecule has 0 aliphatic carbocycles. The van der Waals surface area contributed by atoms with Gasteiger partial charge in [-0.2, -0.15) is 0 Å². The molecular weight excluding hydrogens is 216 g/mol. The minimum absolute atomic E-state index is 0.229. The molecule has 1 N–H and O–H groups in total. The van der Waals surface area contributed by atoms with Gasteiger partial charge < -0.3 is 4.74 Å².